The number of hydrogen-bond donors (Lipinski definition) is 0. The van der Waals surface area contributed by atoms with Crippen LogP contribution in [0.1, 0.15) is 42.9 Å². The van der Waals surface area contributed by atoms with Crippen molar-refractivity contribution in [1.82, 2.24) is 19.8 Å². The third kappa shape index (κ3) is 4.77. The largest absolute Gasteiger partial charge is 0.494 e. The van der Waals surface area contributed by atoms with Gasteiger partial charge in [-0.3, -0.25) is 4.90 Å². The van der Waals surface area contributed by atoms with Crippen molar-refractivity contribution in [3.63, 3.8) is 0 Å². The van der Waals surface area contributed by atoms with E-state index in [0.717, 1.165) is 43.3 Å². The van der Waals surface area contributed by atoms with Crippen molar-refractivity contribution in [3.8, 4) is 5.75 Å². The Morgan fingerprint density at radius 2 is 2.00 bits per heavy atom. The van der Waals surface area contributed by atoms with Gasteiger partial charge in [0.1, 0.15) is 11.6 Å². The van der Waals surface area contributed by atoms with Crippen LogP contribution in [0.2, 0.25) is 0 Å². The van der Waals surface area contributed by atoms with Crippen LogP contribution in [0, 0.1) is 0 Å². The average Bonchev–Trinajstić information content (AvgIpc) is 3.05. The Balaban J connectivity index is 1.70. The van der Waals surface area contributed by atoms with Crippen molar-refractivity contribution in [2.45, 2.75) is 38.9 Å². The fraction of sp³-hybridized carbons (Fsp3) is 0.500. The van der Waals surface area contributed by atoms with Crippen molar-refractivity contribution in [2.75, 3.05) is 27.2 Å². The fourth-order valence-electron chi connectivity index (χ4n) is 3.39. The second-order valence-electron chi connectivity index (χ2n) is 6.85. The first-order chi connectivity index (χ1) is 12.2. The average molecular weight is 340 g/mol. The Bertz CT molecular complexity index is 672. The summed E-state index contributed by atoms with van der Waals surface area (Å²) >= 11 is 0. The molecule has 0 amide bonds. The summed E-state index contributed by atoms with van der Waals surface area (Å²) in [6.45, 7) is 5.58. The van der Waals surface area contributed by atoms with Gasteiger partial charge in [-0.25, -0.2) is 9.97 Å². The van der Waals surface area contributed by atoms with Crippen LogP contribution in [0.3, 0.4) is 0 Å². The molecule has 25 heavy (non-hydrogen) atoms. The SMILES string of the molecule is CCOc1ccc(CN2CCC[C@H]2c2nccc(CN(C)C)n2)cc1. The normalized spacial score (nSPS) is 18.0. The number of nitrogens with zero attached hydrogens (tertiary/aromatic N) is 4. The lowest BCUT2D eigenvalue weighted by molar-refractivity contribution is 0.239. The highest BCUT2D eigenvalue weighted by Gasteiger charge is 2.28. The Kier molecular flexibility index (Phi) is 6.00. The van der Waals surface area contributed by atoms with Gasteiger partial charge in [0.25, 0.3) is 0 Å². The molecule has 0 aliphatic carbocycles. The maximum atomic E-state index is 5.53. The van der Waals surface area contributed by atoms with Crippen molar-refractivity contribution in [2.24, 2.45) is 0 Å². The molecule has 1 atom stereocenters. The van der Waals surface area contributed by atoms with E-state index < -0.39 is 0 Å². The summed E-state index contributed by atoms with van der Waals surface area (Å²) in [5.41, 5.74) is 2.39. The molecule has 5 heteroatoms. The molecule has 0 bridgehead atoms. The van der Waals surface area contributed by atoms with Crippen LogP contribution in [0.5, 0.6) is 5.75 Å². The summed E-state index contributed by atoms with van der Waals surface area (Å²) < 4.78 is 5.53. The summed E-state index contributed by atoms with van der Waals surface area (Å²) in [5, 5.41) is 0. The maximum Gasteiger partial charge on any atom is 0.145 e. The molecule has 1 fully saturated rings. The van der Waals surface area contributed by atoms with E-state index in [2.05, 4.69) is 53.1 Å². The monoisotopic (exact) mass is 340 g/mol. The number of ether oxygens (including phenoxy) is 1. The lowest BCUT2D eigenvalue weighted by Crippen LogP contribution is -2.25. The molecule has 1 saturated heterocycles. The number of rotatable bonds is 7. The molecule has 2 heterocycles. The highest BCUT2D eigenvalue weighted by molar-refractivity contribution is 5.27. The van der Waals surface area contributed by atoms with E-state index in [1.54, 1.807) is 0 Å². The molecule has 0 unspecified atom stereocenters. The molecule has 0 spiro atoms. The van der Waals surface area contributed by atoms with E-state index in [-0.39, 0.29) is 0 Å². The Morgan fingerprint density at radius 1 is 1.20 bits per heavy atom. The maximum absolute atomic E-state index is 5.53. The highest BCUT2D eigenvalue weighted by Crippen LogP contribution is 2.31. The Labute approximate surface area is 150 Å². The third-order valence-electron chi connectivity index (χ3n) is 4.49. The number of likely N-dealkylation sites (tertiary alicyclic amines) is 1. The van der Waals surface area contributed by atoms with E-state index in [9.17, 15) is 0 Å². The minimum absolute atomic E-state index is 0.314. The number of benzene rings is 1. The molecular weight excluding hydrogens is 312 g/mol. The Morgan fingerprint density at radius 3 is 2.72 bits per heavy atom. The Hall–Kier alpha value is -1.98. The fourth-order valence-corrected chi connectivity index (χ4v) is 3.39. The molecule has 1 aromatic carbocycles. The highest BCUT2D eigenvalue weighted by atomic mass is 16.5. The second kappa shape index (κ2) is 8.41. The molecule has 0 radical (unpaired) electrons. The van der Waals surface area contributed by atoms with Crippen LogP contribution in [0.4, 0.5) is 0 Å². The zero-order valence-corrected chi connectivity index (χ0v) is 15.5. The first-order valence-corrected chi connectivity index (χ1v) is 9.08. The van der Waals surface area contributed by atoms with Gasteiger partial charge < -0.3 is 9.64 Å². The van der Waals surface area contributed by atoms with Crippen LogP contribution < -0.4 is 4.74 Å². The van der Waals surface area contributed by atoms with E-state index in [4.69, 9.17) is 9.72 Å². The lowest BCUT2D eigenvalue weighted by atomic mass is 10.1. The third-order valence-corrected chi connectivity index (χ3v) is 4.49. The molecule has 2 aromatic rings. The molecule has 134 valence electrons. The first-order valence-electron chi connectivity index (χ1n) is 9.08. The summed E-state index contributed by atoms with van der Waals surface area (Å²) in [6.07, 6.45) is 4.22. The predicted octanol–water partition coefficient (Wildman–Crippen LogP) is 3.27. The molecule has 5 nitrogen and oxygen atoms in total. The van der Waals surface area contributed by atoms with E-state index in [1.807, 2.05) is 19.2 Å². The molecule has 1 aliphatic rings. The van der Waals surface area contributed by atoms with E-state index >= 15 is 0 Å². The molecular formula is C20H28N4O. The standard InChI is InChI=1S/C20H28N4O/c1-4-25-18-9-7-16(8-10-18)14-24-13-5-6-19(24)20-21-12-11-17(22-20)15-23(2)3/h7-12,19H,4-6,13-15H2,1-3H3/t19-/m0/s1. The summed E-state index contributed by atoms with van der Waals surface area (Å²) in [5.74, 6) is 1.90. The van der Waals surface area contributed by atoms with Crippen LogP contribution in [-0.4, -0.2) is 47.0 Å². The minimum atomic E-state index is 0.314. The molecule has 0 saturated carbocycles. The van der Waals surface area contributed by atoms with E-state index in [1.165, 1.54) is 12.0 Å². The minimum Gasteiger partial charge on any atom is -0.494 e. The van der Waals surface area contributed by atoms with Crippen molar-refractivity contribution >= 4 is 0 Å². The number of hydrogen-bond acceptors (Lipinski definition) is 5. The van der Waals surface area contributed by atoms with Gasteiger partial charge in [-0.05, 0) is 64.2 Å². The summed E-state index contributed by atoms with van der Waals surface area (Å²) in [7, 11) is 4.13. The predicted molar refractivity (Wildman–Crippen MR) is 99.4 cm³/mol. The smallest absolute Gasteiger partial charge is 0.145 e. The van der Waals surface area contributed by atoms with Crippen molar-refractivity contribution < 1.29 is 4.74 Å². The topological polar surface area (TPSA) is 41.5 Å². The second-order valence-corrected chi connectivity index (χ2v) is 6.85. The summed E-state index contributed by atoms with van der Waals surface area (Å²) in [6, 6.07) is 10.7. The van der Waals surface area contributed by atoms with Crippen LogP contribution in [0.15, 0.2) is 36.5 Å². The quantitative estimate of drug-likeness (QED) is 0.774. The zero-order chi connectivity index (χ0) is 17.6. The van der Waals surface area contributed by atoms with Crippen LogP contribution in [-0.2, 0) is 13.1 Å². The first kappa shape index (κ1) is 17.8. The van der Waals surface area contributed by atoms with Crippen molar-refractivity contribution in [3.05, 3.63) is 53.6 Å². The number of aromatic nitrogens is 2. The van der Waals surface area contributed by atoms with Gasteiger partial charge in [0.05, 0.1) is 18.3 Å². The lowest BCUT2D eigenvalue weighted by Gasteiger charge is -2.24. The van der Waals surface area contributed by atoms with Crippen LogP contribution >= 0.6 is 0 Å². The van der Waals surface area contributed by atoms with E-state index in [0.29, 0.717) is 12.6 Å². The zero-order valence-electron chi connectivity index (χ0n) is 15.5. The molecule has 1 aromatic heterocycles. The van der Waals surface area contributed by atoms with Crippen molar-refractivity contribution in [1.29, 1.82) is 0 Å². The van der Waals surface area contributed by atoms with Gasteiger partial charge in [0.15, 0.2) is 0 Å². The molecule has 1 aliphatic heterocycles. The van der Waals surface area contributed by atoms with Gasteiger partial charge >= 0.3 is 0 Å². The molecule has 0 N–H and O–H groups in total. The van der Waals surface area contributed by atoms with Gasteiger partial charge in [-0.15, -0.1) is 0 Å². The molecule has 3 rings (SSSR count). The van der Waals surface area contributed by atoms with Gasteiger partial charge in [-0.2, -0.15) is 0 Å². The van der Waals surface area contributed by atoms with Gasteiger partial charge in [0.2, 0.25) is 0 Å². The summed E-state index contributed by atoms with van der Waals surface area (Å²) in [4.78, 5) is 14.0. The van der Waals surface area contributed by atoms with Gasteiger partial charge in [-0.1, -0.05) is 12.1 Å². The van der Waals surface area contributed by atoms with Gasteiger partial charge in [0, 0.05) is 19.3 Å². The van der Waals surface area contributed by atoms with Crippen LogP contribution in [0.25, 0.3) is 0 Å².